The highest BCUT2D eigenvalue weighted by Crippen LogP contribution is 2.31. The fourth-order valence-corrected chi connectivity index (χ4v) is 1.96. The molecule has 0 radical (unpaired) electrons. The second-order valence-corrected chi connectivity index (χ2v) is 4.74. The average Bonchev–Trinajstić information content (AvgIpc) is 3.35. The number of rotatable bonds is 3. The molecule has 4 nitrogen and oxygen atoms in total. The number of carbonyl (C=O) groups excluding carboxylic acids is 1. The van der Waals surface area contributed by atoms with E-state index in [-0.39, 0.29) is 17.5 Å². The van der Waals surface area contributed by atoms with Crippen molar-refractivity contribution in [1.82, 2.24) is 0 Å². The summed E-state index contributed by atoms with van der Waals surface area (Å²) in [5.74, 6) is 0.0990. The zero-order valence-electron chi connectivity index (χ0n) is 14.5. The van der Waals surface area contributed by atoms with Gasteiger partial charge in [-0.25, -0.2) is 0 Å². The first-order chi connectivity index (χ1) is 10.5. The molecule has 0 spiro atoms. The fourth-order valence-electron chi connectivity index (χ4n) is 1.96. The van der Waals surface area contributed by atoms with Gasteiger partial charge in [0.25, 0.3) is 0 Å². The third-order valence-corrected chi connectivity index (χ3v) is 2.98. The van der Waals surface area contributed by atoms with Crippen molar-refractivity contribution in [3.8, 4) is 6.07 Å². The topological polar surface area (TPSA) is 76.7 Å². The maximum atomic E-state index is 11.8. The molecular weight excluding hydrogens is 274 g/mol. The van der Waals surface area contributed by atoms with E-state index >= 15 is 0 Å². The first-order valence-corrected chi connectivity index (χ1v) is 7.94. The molecule has 1 saturated carbocycles. The molecule has 2 rings (SSSR count). The van der Waals surface area contributed by atoms with Crippen LogP contribution >= 0.6 is 0 Å². The molecule has 0 aliphatic heterocycles. The lowest BCUT2D eigenvalue weighted by atomic mass is 9.99. The smallest absolute Gasteiger partial charge is 0.227 e. The van der Waals surface area contributed by atoms with Crippen molar-refractivity contribution in [2.24, 2.45) is 5.92 Å². The highest BCUT2D eigenvalue weighted by Gasteiger charge is 2.30. The van der Waals surface area contributed by atoms with Gasteiger partial charge >= 0.3 is 0 Å². The molecule has 1 fully saturated rings. The van der Waals surface area contributed by atoms with Crippen LogP contribution in [0.25, 0.3) is 0 Å². The van der Waals surface area contributed by atoms with Crippen LogP contribution in [-0.2, 0) is 4.79 Å². The quantitative estimate of drug-likeness (QED) is 0.797. The van der Waals surface area contributed by atoms with E-state index in [0.717, 1.165) is 18.4 Å². The summed E-state index contributed by atoms with van der Waals surface area (Å²) in [6, 6.07) is 5.63. The number of benzene rings is 1. The van der Waals surface area contributed by atoms with Crippen molar-refractivity contribution in [3.63, 3.8) is 0 Å². The van der Waals surface area contributed by atoms with Crippen LogP contribution in [0.15, 0.2) is 12.1 Å². The molecule has 0 aromatic heterocycles. The van der Waals surface area contributed by atoms with Crippen LogP contribution in [0, 0.1) is 29.6 Å². The van der Waals surface area contributed by atoms with E-state index in [2.05, 4.69) is 11.4 Å². The Morgan fingerprint density at radius 1 is 1.27 bits per heavy atom. The van der Waals surface area contributed by atoms with Gasteiger partial charge in [0.2, 0.25) is 5.91 Å². The lowest BCUT2D eigenvalue weighted by molar-refractivity contribution is -0.117. The summed E-state index contributed by atoms with van der Waals surface area (Å²) < 4.78 is 0. The monoisotopic (exact) mass is 301 g/mol. The number of aryl methyl sites for hydroxylation is 1. The van der Waals surface area contributed by atoms with Crippen LogP contribution in [0.5, 0.6) is 0 Å². The summed E-state index contributed by atoms with van der Waals surface area (Å²) in [5, 5.41) is 19.7. The highest BCUT2D eigenvalue weighted by molar-refractivity contribution is 6.07. The minimum absolute atomic E-state index is 0.00742. The van der Waals surface area contributed by atoms with Crippen LogP contribution in [-0.4, -0.2) is 11.6 Å². The normalized spacial score (nSPS) is 11.9. The molecule has 0 unspecified atom stereocenters. The number of nitriles is 1. The number of carbonyl (C=O) groups is 1. The van der Waals surface area contributed by atoms with Crippen molar-refractivity contribution in [2.45, 2.75) is 54.4 Å². The zero-order chi connectivity index (χ0) is 17.3. The number of anilines is 1. The molecule has 4 heteroatoms. The van der Waals surface area contributed by atoms with Crippen molar-refractivity contribution in [2.75, 3.05) is 5.32 Å². The molecule has 2 N–H and O–H groups in total. The van der Waals surface area contributed by atoms with E-state index < -0.39 is 0 Å². The van der Waals surface area contributed by atoms with Gasteiger partial charge in [0.05, 0.1) is 17.3 Å². The molecular formula is C18H27N3O. The van der Waals surface area contributed by atoms with Crippen LogP contribution in [0.3, 0.4) is 0 Å². The molecule has 120 valence electrons. The fraction of sp³-hybridized carbons (Fsp3) is 0.500. The summed E-state index contributed by atoms with van der Waals surface area (Å²) in [6.07, 6.45) is 1.86. The van der Waals surface area contributed by atoms with Crippen molar-refractivity contribution in [3.05, 3.63) is 28.8 Å². The molecule has 1 amide bonds. The first-order valence-electron chi connectivity index (χ1n) is 7.94. The van der Waals surface area contributed by atoms with Crippen LogP contribution < -0.4 is 5.32 Å². The number of amides is 1. The highest BCUT2D eigenvalue weighted by atomic mass is 16.2. The number of hydrogen-bond acceptors (Lipinski definition) is 3. The summed E-state index contributed by atoms with van der Waals surface area (Å²) in [4.78, 5) is 11.8. The third kappa shape index (κ3) is 5.33. The Hall–Kier alpha value is -2.15. The Kier molecular flexibility index (Phi) is 8.78. The van der Waals surface area contributed by atoms with E-state index in [1.165, 1.54) is 0 Å². The molecule has 1 aliphatic carbocycles. The van der Waals surface area contributed by atoms with Crippen LogP contribution in [0.2, 0.25) is 0 Å². The Morgan fingerprint density at radius 2 is 1.82 bits per heavy atom. The maximum absolute atomic E-state index is 11.8. The lowest BCUT2D eigenvalue weighted by Crippen LogP contribution is -2.16. The van der Waals surface area contributed by atoms with Gasteiger partial charge < -0.3 is 10.7 Å². The zero-order valence-corrected chi connectivity index (χ0v) is 14.5. The summed E-state index contributed by atoms with van der Waals surface area (Å²) in [6.45, 7) is 11.5. The third-order valence-electron chi connectivity index (χ3n) is 2.98. The van der Waals surface area contributed by atoms with Gasteiger partial charge in [-0.3, -0.25) is 4.79 Å². The molecule has 1 aromatic rings. The van der Waals surface area contributed by atoms with E-state index in [9.17, 15) is 4.79 Å². The molecule has 0 bridgehead atoms. The molecule has 22 heavy (non-hydrogen) atoms. The van der Waals surface area contributed by atoms with Crippen LogP contribution in [0.4, 0.5) is 5.69 Å². The minimum atomic E-state index is -0.00742. The first kappa shape index (κ1) is 19.9. The van der Waals surface area contributed by atoms with Crippen molar-refractivity contribution < 1.29 is 4.79 Å². The summed E-state index contributed by atoms with van der Waals surface area (Å²) >= 11 is 0. The number of nitrogens with zero attached hydrogens (tertiary/aromatic N) is 1. The van der Waals surface area contributed by atoms with Gasteiger partial charge in [-0.2, -0.15) is 5.26 Å². The SMILES string of the molecule is CC.CC.CC(=N)c1c(C#N)cc(C)cc1NC(=O)C1CC1. The Labute approximate surface area is 134 Å². The van der Waals surface area contributed by atoms with E-state index in [0.29, 0.717) is 16.8 Å². The van der Waals surface area contributed by atoms with E-state index in [1.807, 2.05) is 40.7 Å². The Morgan fingerprint density at radius 3 is 2.23 bits per heavy atom. The van der Waals surface area contributed by atoms with Gasteiger partial charge in [0, 0.05) is 17.2 Å². The molecule has 1 aliphatic rings. The molecule has 0 atom stereocenters. The summed E-state index contributed by atoms with van der Waals surface area (Å²) in [7, 11) is 0. The van der Waals surface area contributed by atoms with Gasteiger partial charge in [-0.15, -0.1) is 0 Å². The minimum Gasteiger partial charge on any atom is -0.325 e. The van der Waals surface area contributed by atoms with Gasteiger partial charge in [-0.1, -0.05) is 27.7 Å². The Bertz CT molecular complexity index is 566. The number of hydrogen-bond donors (Lipinski definition) is 2. The predicted molar refractivity (Wildman–Crippen MR) is 92.4 cm³/mol. The van der Waals surface area contributed by atoms with Gasteiger partial charge in [-0.05, 0) is 44.4 Å². The average molecular weight is 301 g/mol. The van der Waals surface area contributed by atoms with E-state index in [1.54, 1.807) is 13.0 Å². The molecule has 0 heterocycles. The standard InChI is InChI=1S/C14H15N3O.2C2H6/c1-8-5-11(7-15)13(9(2)16)12(6-8)17-14(18)10-3-4-10;2*1-2/h5-6,10,16H,3-4H2,1-2H3,(H,17,18);2*1-2H3. The lowest BCUT2D eigenvalue weighted by Gasteiger charge is -2.13. The Balaban J connectivity index is 0.00000102. The molecule has 1 aromatic carbocycles. The second-order valence-electron chi connectivity index (χ2n) is 4.74. The predicted octanol–water partition coefficient (Wildman–Crippen LogP) is 4.66. The largest absolute Gasteiger partial charge is 0.325 e. The number of nitrogens with one attached hydrogen (secondary N) is 2. The van der Waals surface area contributed by atoms with Crippen molar-refractivity contribution >= 4 is 17.3 Å². The summed E-state index contributed by atoms with van der Waals surface area (Å²) in [5.41, 5.74) is 2.74. The van der Waals surface area contributed by atoms with E-state index in [4.69, 9.17) is 10.7 Å². The van der Waals surface area contributed by atoms with Crippen molar-refractivity contribution in [1.29, 1.82) is 10.7 Å². The van der Waals surface area contributed by atoms with Gasteiger partial charge in [0.15, 0.2) is 0 Å². The van der Waals surface area contributed by atoms with Gasteiger partial charge in [0.1, 0.15) is 0 Å². The maximum Gasteiger partial charge on any atom is 0.227 e. The molecule has 0 saturated heterocycles. The van der Waals surface area contributed by atoms with Crippen LogP contribution in [0.1, 0.15) is 64.2 Å². The second kappa shape index (κ2) is 9.73.